The lowest BCUT2D eigenvalue weighted by molar-refractivity contribution is -0.132. The van der Waals surface area contributed by atoms with Crippen LogP contribution in [0.4, 0.5) is 0 Å². The first-order valence-electron chi connectivity index (χ1n) is 12.5. The van der Waals surface area contributed by atoms with Crippen molar-refractivity contribution in [1.29, 1.82) is 0 Å². The Balaban J connectivity index is 1.64. The minimum absolute atomic E-state index is 0.197. The number of allylic oxidation sites excluding steroid dienone is 2. The van der Waals surface area contributed by atoms with Gasteiger partial charge in [-0.05, 0) is 55.1 Å². The maximum atomic E-state index is 13.8. The standard InChI is InChI=1S/C26H46O2Si/c1-7-8-9-10-11-12-13-16-26(19-28-29(5,6)25(2,3)4)18-22-20-14-15-21(17-20)23(22)24(26)27/h14-15,20-23H,7-13,16-19H2,1-6H3/t20-,21+,22-,23+,26-/m0/s1. The van der Waals surface area contributed by atoms with Gasteiger partial charge < -0.3 is 4.43 Å². The molecule has 0 N–H and O–H groups in total. The normalized spacial score (nSPS) is 33.7. The average molecular weight is 419 g/mol. The maximum absolute atomic E-state index is 13.8. The van der Waals surface area contributed by atoms with Crippen LogP contribution in [0.3, 0.4) is 0 Å². The third-order valence-corrected chi connectivity index (χ3v) is 13.3. The SMILES string of the molecule is CCCCCCCCC[C@@]1(CO[Si](C)(C)C(C)(C)C)C[C@@H]2[C@H](C1=O)[C@@H]1C=C[C@H]2C1. The highest BCUT2D eigenvalue weighted by Crippen LogP contribution is 2.60. The molecule has 2 bridgehead atoms. The van der Waals surface area contributed by atoms with Gasteiger partial charge in [0.15, 0.2) is 8.32 Å². The molecule has 5 atom stereocenters. The summed E-state index contributed by atoms with van der Waals surface area (Å²) in [4.78, 5) is 13.8. The van der Waals surface area contributed by atoms with Gasteiger partial charge in [0, 0.05) is 12.5 Å². The minimum atomic E-state index is -1.84. The molecule has 29 heavy (non-hydrogen) atoms. The first-order valence-corrected chi connectivity index (χ1v) is 15.4. The number of hydrogen-bond acceptors (Lipinski definition) is 2. The zero-order valence-corrected chi connectivity index (χ0v) is 21.1. The minimum Gasteiger partial charge on any atom is -0.416 e. The van der Waals surface area contributed by atoms with E-state index in [-0.39, 0.29) is 10.5 Å². The van der Waals surface area contributed by atoms with E-state index in [1.807, 2.05) is 0 Å². The topological polar surface area (TPSA) is 26.3 Å². The fraction of sp³-hybridized carbons (Fsp3) is 0.885. The van der Waals surface area contributed by atoms with Crippen molar-refractivity contribution < 1.29 is 9.22 Å². The Morgan fingerprint density at radius 2 is 1.66 bits per heavy atom. The summed E-state index contributed by atoms with van der Waals surface area (Å²) in [6, 6.07) is 0. The van der Waals surface area contributed by atoms with E-state index in [0.29, 0.717) is 36.1 Å². The Kier molecular flexibility index (Phi) is 7.20. The molecule has 0 saturated heterocycles. The maximum Gasteiger partial charge on any atom is 0.192 e. The van der Waals surface area contributed by atoms with Crippen LogP contribution in [0.25, 0.3) is 0 Å². The summed E-state index contributed by atoms with van der Waals surface area (Å²) < 4.78 is 6.72. The monoisotopic (exact) mass is 418 g/mol. The largest absolute Gasteiger partial charge is 0.416 e. The summed E-state index contributed by atoms with van der Waals surface area (Å²) in [6.45, 7) is 14.5. The van der Waals surface area contributed by atoms with Crippen molar-refractivity contribution in [3.63, 3.8) is 0 Å². The number of carbonyl (C=O) groups excluding carboxylic acids is 1. The predicted octanol–water partition coefficient (Wildman–Crippen LogP) is 7.55. The van der Waals surface area contributed by atoms with Crippen molar-refractivity contribution in [2.45, 2.75) is 110 Å². The summed E-state index contributed by atoms with van der Waals surface area (Å²) in [5, 5.41) is 0.200. The molecule has 0 spiro atoms. The van der Waals surface area contributed by atoms with E-state index in [2.05, 4.69) is 52.9 Å². The molecule has 166 valence electrons. The van der Waals surface area contributed by atoms with Crippen LogP contribution in [-0.4, -0.2) is 20.7 Å². The molecule has 0 heterocycles. The number of Topliss-reactive ketones (excluding diaryl/α,β-unsaturated/α-hetero) is 1. The predicted molar refractivity (Wildman–Crippen MR) is 126 cm³/mol. The fourth-order valence-corrected chi connectivity index (χ4v) is 6.95. The molecule has 3 rings (SSSR count). The van der Waals surface area contributed by atoms with Crippen molar-refractivity contribution in [2.24, 2.45) is 29.1 Å². The second kappa shape index (κ2) is 8.98. The molecule has 0 unspecified atom stereocenters. The third kappa shape index (κ3) is 4.76. The summed E-state index contributed by atoms with van der Waals surface area (Å²) in [5.74, 6) is 2.67. The molecule has 3 aliphatic carbocycles. The molecular weight excluding hydrogens is 372 g/mol. The van der Waals surface area contributed by atoms with Crippen molar-refractivity contribution >= 4 is 14.1 Å². The van der Waals surface area contributed by atoms with Crippen LogP contribution in [-0.2, 0) is 9.22 Å². The third-order valence-electron chi connectivity index (χ3n) is 8.85. The molecule has 0 aromatic heterocycles. The highest BCUT2D eigenvalue weighted by molar-refractivity contribution is 6.74. The van der Waals surface area contributed by atoms with E-state index in [0.717, 1.165) is 12.8 Å². The molecule has 2 saturated carbocycles. The van der Waals surface area contributed by atoms with E-state index in [4.69, 9.17) is 4.43 Å². The first-order chi connectivity index (χ1) is 13.6. The number of carbonyl (C=O) groups is 1. The Morgan fingerprint density at radius 3 is 2.28 bits per heavy atom. The number of unbranched alkanes of at least 4 members (excludes halogenated alkanes) is 6. The van der Waals surface area contributed by atoms with Crippen molar-refractivity contribution in [3.05, 3.63) is 12.2 Å². The van der Waals surface area contributed by atoms with Gasteiger partial charge in [0.05, 0.1) is 5.41 Å². The number of ketones is 1. The van der Waals surface area contributed by atoms with Gasteiger partial charge in [-0.2, -0.15) is 0 Å². The van der Waals surface area contributed by atoms with Crippen LogP contribution in [0, 0.1) is 29.1 Å². The highest BCUT2D eigenvalue weighted by atomic mass is 28.4. The Bertz CT molecular complexity index is 602. The number of rotatable bonds is 11. The van der Waals surface area contributed by atoms with Crippen LogP contribution in [0.2, 0.25) is 18.1 Å². The molecule has 3 aliphatic rings. The van der Waals surface area contributed by atoms with Crippen molar-refractivity contribution in [3.8, 4) is 0 Å². The summed E-state index contributed by atoms with van der Waals surface area (Å²) in [7, 11) is -1.84. The van der Waals surface area contributed by atoms with Gasteiger partial charge in [-0.3, -0.25) is 4.79 Å². The quantitative estimate of drug-likeness (QED) is 0.197. The lowest BCUT2D eigenvalue weighted by Gasteiger charge is -2.40. The first kappa shape index (κ1) is 23.3. The van der Waals surface area contributed by atoms with Gasteiger partial charge in [0.25, 0.3) is 0 Å². The second-order valence-electron chi connectivity index (χ2n) is 11.9. The highest BCUT2D eigenvalue weighted by Gasteiger charge is 2.61. The van der Waals surface area contributed by atoms with E-state index in [9.17, 15) is 4.79 Å². The molecule has 0 aromatic rings. The van der Waals surface area contributed by atoms with Gasteiger partial charge in [0.1, 0.15) is 5.78 Å². The van der Waals surface area contributed by atoms with Crippen LogP contribution in [0.5, 0.6) is 0 Å². The molecule has 0 aliphatic heterocycles. The molecule has 0 radical (unpaired) electrons. The molecule has 2 nitrogen and oxygen atoms in total. The summed E-state index contributed by atoms with van der Waals surface area (Å²) >= 11 is 0. The van der Waals surface area contributed by atoms with Gasteiger partial charge in [-0.1, -0.05) is 84.8 Å². The lowest BCUT2D eigenvalue weighted by Crippen LogP contribution is -2.45. The van der Waals surface area contributed by atoms with E-state index in [1.165, 1.54) is 51.4 Å². The van der Waals surface area contributed by atoms with E-state index < -0.39 is 8.32 Å². The molecule has 2 fully saturated rings. The zero-order chi connectivity index (χ0) is 21.3. The van der Waals surface area contributed by atoms with Gasteiger partial charge >= 0.3 is 0 Å². The molecule has 0 aromatic carbocycles. The van der Waals surface area contributed by atoms with Crippen LogP contribution in [0.1, 0.15) is 91.9 Å². The number of fused-ring (bicyclic) bond motifs is 5. The Labute approximate surface area is 181 Å². The second-order valence-corrected chi connectivity index (χ2v) is 16.7. The van der Waals surface area contributed by atoms with Gasteiger partial charge in [-0.25, -0.2) is 0 Å². The fourth-order valence-electron chi connectivity index (χ4n) is 5.88. The van der Waals surface area contributed by atoms with Crippen molar-refractivity contribution in [1.82, 2.24) is 0 Å². The van der Waals surface area contributed by atoms with Gasteiger partial charge in [0.2, 0.25) is 0 Å². The molecule has 3 heteroatoms. The zero-order valence-electron chi connectivity index (χ0n) is 20.1. The van der Waals surface area contributed by atoms with E-state index in [1.54, 1.807) is 0 Å². The summed E-state index contributed by atoms with van der Waals surface area (Å²) in [5.41, 5.74) is -0.197. The van der Waals surface area contributed by atoms with E-state index >= 15 is 0 Å². The van der Waals surface area contributed by atoms with Crippen molar-refractivity contribution in [2.75, 3.05) is 6.61 Å². The summed E-state index contributed by atoms with van der Waals surface area (Å²) in [6.07, 6.45) is 17.3. The smallest absolute Gasteiger partial charge is 0.192 e. The Morgan fingerprint density at radius 1 is 1.03 bits per heavy atom. The Hall–Kier alpha value is -0.413. The van der Waals surface area contributed by atoms with Crippen LogP contribution < -0.4 is 0 Å². The van der Waals surface area contributed by atoms with Gasteiger partial charge in [-0.15, -0.1) is 0 Å². The van der Waals surface area contributed by atoms with Crippen LogP contribution in [0.15, 0.2) is 12.2 Å². The van der Waals surface area contributed by atoms with Crippen LogP contribution >= 0.6 is 0 Å². The molecule has 0 amide bonds. The lowest BCUT2D eigenvalue weighted by atomic mass is 9.77. The molecular formula is C26H46O2Si. The average Bonchev–Trinajstić information content (AvgIpc) is 3.32. The number of hydrogen-bond donors (Lipinski definition) is 0.